The zero-order chi connectivity index (χ0) is 10.4. The van der Waals surface area contributed by atoms with Gasteiger partial charge in [-0.15, -0.1) is 0 Å². The normalized spacial score (nSPS) is 14.5. The molecule has 3 rings (SSSR count). The molecule has 0 aliphatic heterocycles. The third kappa shape index (κ3) is 1.42. The van der Waals surface area contributed by atoms with E-state index in [0.29, 0.717) is 5.15 Å². The molecule has 15 heavy (non-hydrogen) atoms. The number of rotatable bonds is 0. The van der Waals surface area contributed by atoms with Crippen LogP contribution < -0.4 is 0 Å². The molecule has 1 aliphatic carbocycles. The van der Waals surface area contributed by atoms with E-state index in [2.05, 4.69) is 23.2 Å². The molecule has 0 radical (unpaired) electrons. The van der Waals surface area contributed by atoms with E-state index in [1.165, 1.54) is 35.8 Å². The van der Waals surface area contributed by atoms with Crippen molar-refractivity contribution in [3.8, 4) is 0 Å². The van der Waals surface area contributed by atoms with Crippen molar-refractivity contribution >= 4 is 22.4 Å². The van der Waals surface area contributed by atoms with Gasteiger partial charge in [0.2, 0.25) is 0 Å². The van der Waals surface area contributed by atoms with Crippen molar-refractivity contribution in [2.45, 2.75) is 26.2 Å². The summed E-state index contributed by atoms with van der Waals surface area (Å²) in [5.74, 6) is 0. The van der Waals surface area contributed by atoms with Gasteiger partial charge in [0.05, 0.1) is 0 Å². The van der Waals surface area contributed by atoms with Gasteiger partial charge >= 0.3 is 0 Å². The maximum Gasteiger partial charge on any atom is 0.137 e. The molecule has 1 heterocycles. The summed E-state index contributed by atoms with van der Waals surface area (Å²) in [5.41, 5.74) is 3.93. The Kier molecular flexibility index (Phi) is 1.96. The first-order chi connectivity index (χ1) is 7.24. The molecule has 2 aromatic rings. The predicted molar refractivity (Wildman–Crippen MR) is 63.5 cm³/mol. The zero-order valence-corrected chi connectivity index (χ0v) is 9.43. The molecule has 0 spiro atoms. The van der Waals surface area contributed by atoms with Crippen molar-refractivity contribution in [3.63, 3.8) is 0 Å². The lowest BCUT2D eigenvalue weighted by Gasteiger charge is -2.05. The summed E-state index contributed by atoms with van der Waals surface area (Å²) in [6, 6.07) is 6.60. The van der Waals surface area contributed by atoms with Gasteiger partial charge in [-0.05, 0) is 54.8 Å². The lowest BCUT2D eigenvalue weighted by Crippen LogP contribution is -1.88. The van der Waals surface area contributed by atoms with Crippen molar-refractivity contribution in [2.24, 2.45) is 0 Å². The number of fused-ring (bicyclic) bond motifs is 2. The molecular weight excluding hydrogens is 206 g/mol. The second-order valence-corrected chi connectivity index (χ2v) is 4.61. The Morgan fingerprint density at radius 3 is 2.67 bits per heavy atom. The number of aromatic nitrogens is 1. The third-order valence-corrected chi connectivity index (χ3v) is 3.41. The minimum absolute atomic E-state index is 0.639. The number of hydrogen-bond donors (Lipinski definition) is 0. The monoisotopic (exact) mass is 217 g/mol. The SMILES string of the molecule is Cc1cc2cc3c(cc2c(Cl)n1)CCC3. The van der Waals surface area contributed by atoms with Crippen LogP contribution in [-0.4, -0.2) is 4.98 Å². The fourth-order valence-corrected chi connectivity index (χ4v) is 2.71. The molecule has 0 saturated carbocycles. The lowest BCUT2D eigenvalue weighted by molar-refractivity contribution is 0.912. The van der Waals surface area contributed by atoms with E-state index in [1.807, 2.05) is 6.92 Å². The Hall–Kier alpha value is -1.08. The predicted octanol–water partition coefficient (Wildman–Crippen LogP) is 3.69. The molecule has 0 fully saturated rings. The van der Waals surface area contributed by atoms with Gasteiger partial charge in [-0.2, -0.15) is 0 Å². The van der Waals surface area contributed by atoms with Crippen molar-refractivity contribution in [2.75, 3.05) is 0 Å². The second-order valence-electron chi connectivity index (χ2n) is 4.25. The van der Waals surface area contributed by atoms with E-state index in [0.717, 1.165) is 11.1 Å². The maximum atomic E-state index is 6.15. The van der Waals surface area contributed by atoms with E-state index in [9.17, 15) is 0 Å². The van der Waals surface area contributed by atoms with Crippen LogP contribution in [0.5, 0.6) is 0 Å². The van der Waals surface area contributed by atoms with Gasteiger partial charge in [0.25, 0.3) is 0 Å². The molecule has 0 unspecified atom stereocenters. The zero-order valence-electron chi connectivity index (χ0n) is 8.68. The van der Waals surface area contributed by atoms with Gasteiger partial charge in [-0.25, -0.2) is 4.98 Å². The summed E-state index contributed by atoms with van der Waals surface area (Å²) in [5, 5.41) is 2.97. The first-order valence-electron chi connectivity index (χ1n) is 5.33. The van der Waals surface area contributed by atoms with Crippen molar-refractivity contribution in [1.29, 1.82) is 0 Å². The summed E-state index contributed by atoms with van der Waals surface area (Å²) in [6.07, 6.45) is 3.68. The Morgan fingerprint density at radius 1 is 1.13 bits per heavy atom. The van der Waals surface area contributed by atoms with E-state index in [4.69, 9.17) is 11.6 Å². The van der Waals surface area contributed by atoms with Gasteiger partial charge in [0.15, 0.2) is 0 Å². The van der Waals surface area contributed by atoms with Gasteiger partial charge in [0.1, 0.15) is 5.15 Å². The summed E-state index contributed by atoms with van der Waals surface area (Å²) < 4.78 is 0. The quantitative estimate of drug-likeness (QED) is 0.614. The molecule has 0 atom stereocenters. The van der Waals surface area contributed by atoms with Crippen LogP contribution >= 0.6 is 11.6 Å². The van der Waals surface area contributed by atoms with Gasteiger partial charge < -0.3 is 0 Å². The average Bonchev–Trinajstić information content (AvgIpc) is 2.61. The topological polar surface area (TPSA) is 12.9 Å². The van der Waals surface area contributed by atoms with Crippen LogP contribution in [0, 0.1) is 6.92 Å². The van der Waals surface area contributed by atoms with Gasteiger partial charge in [-0.3, -0.25) is 0 Å². The summed E-state index contributed by atoms with van der Waals surface area (Å²) in [6.45, 7) is 1.98. The van der Waals surface area contributed by atoms with Gasteiger partial charge in [0, 0.05) is 11.1 Å². The number of benzene rings is 1. The first-order valence-corrected chi connectivity index (χ1v) is 5.70. The first kappa shape index (κ1) is 9.17. The van der Waals surface area contributed by atoms with Crippen LogP contribution in [0.3, 0.4) is 0 Å². The summed E-state index contributed by atoms with van der Waals surface area (Å²) >= 11 is 6.15. The minimum atomic E-state index is 0.639. The van der Waals surface area contributed by atoms with Crippen molar-refractivity contribution in [1.82, 2.24) is 4.98 Å². The average molecular weight is 218 g/mol. The second kappa shape index (κ2) is 3.21. The van der Waals surface area contributed by atoms with E-state index in [-0.39, 0.29) is 0 Å². The molecule has 76 valence electrons. The number of aryl methyl sites for hydroxylation is 3. The third-order valence-electron chi connectivity index (χ3n) is 3.13. The highest BCUT2D eigenvalue weighted by Crippen LogP contribution is 2.30. The Morgan fingerprint density at radius 2 is 1.87 bits per heavy atom. The van der Waals surface area contributed by atoms with Crippen molar-refractivity contribution in [3.05, 3.63) is 40.2 Å². The highest BCUT2D eigenvalue weighted by molar-refractivity contribution is 6.34. The molecule has 1 aromatic carbocycles. The highest BCUT2D eigenvalue weighted by atomic mass is 35.5. The van der Waals surface area contributed by atoms with Crippen LogP contribution in [0.25, 0.3) is 10.8 Å². The Labute approximate surface area is 94.1 Å². The Balaban J connectivity index is 2.38. The summed E-state index contributed by atoms with van der Waals surface area (Å²) in [7, 11) is 0. The molecule has 0 saturated heterocycles. The number of nitrogens with zero attached hydrogens (tertiary/aromatic N) is 1. The van der Waals surface area contributed by atoms with Crippen molar-refractivity contribution < 1.29 is 0 Å². The molecule has 1 nitrogen and oxygen atoms in total. The molecule has 1 aromatic heterocycles. The van der Waals surface area contributed by atoms with Crippen LogP contribution in [0.15, 0.2) is 18.2 Å². The van der Waals surface area contributed by atoms with Crippen LogP contribution in [0.2, 0.25) is 5.15 Å². The van der Waals surface area contributed by atoms with Crippen LogP contribution in [0.4, 0.5) is 0 Å². The van der Waals surface area contributed by atoms with Gasteiger partial charge in [-0.1, -0.05) is 17.7 Å². The van der Waals surface area contributed by atoms with Crippen LogP contribution in [-0.2, 0) is 12.8 Å². The molecule has 2 heteroatoms. The number of hydrogen-bond acceptors (Lipinski definition) is 1. The molecule has 0 N–H and O–H groups in total. The number of halogens is 1. The van der Waals surface area contributed by atoms with E-state index in [1.54, 1.807) is 0 Å². The maximum absolute atomic E-state index is 6.15. The minimum Gasteiger partial charge on any atom is -0.241 e. The lowest BCUT2D eigenvalue weighted by atomic mass is 10.0. The molecule has 0 amide bonds. The smallest absolute Gasteiger partial charge is 0.137 e. The number of pyridine rings is 1. The molecule has 1 aliphatic rings. The van der Waals surface area contributed by atoms with E-state index < -0.39 is 0 Å². The standard InChI is InChI=1S/C13H12ClN/c1-8-5-11-6-9-3-2-4-10(9)7-12(11)13(14)15-8/h5-7H,2-4H2,1H3. The fourth-order valence-electron chi connectivity index (χ4n) is 2.41. The molecule has 0 bridgehead atoms. The highest BCUT2D eigenvalue weighted by Gasteiger charge is 2.13. The summed E-state index contributed by atoms with van der Waals surface area (Å²) in [4.78, 5) is 4.29. The fraction of sp³-hybridized carbons (Fsp3) is 0.308. The van der Waals surface area contributed by atoms with Crippen LogP contribution in [0.1, 0.15) is 23.2 Å². The largest absolute Gasteiger partial charge is 0.241 e. The molecular formula is C13H12ClN. The van der Waals surface area contributed by atoms with E-state index >= 15 is 0 Å². The Bertz CT molecular complexity index is 546.